The standard InChI is InChI=1S/C15H21N5O2.ClH/c1-11(16)12-5-8-18(9-6-12)14(21)10-20-15(22)19-7-3-2-4-13(19)17-20;/h2-4,7,11-12H,5-6,8-10,16H2,1H3;1H. The zero-order valence-electron chi connectivity index (χ0n) is 13.1. The van der Waals surface area contributed by atoms with Crippen molar-refractivity contribution in [2.45, 2.75) is 32.4 Å². The molecule has 0 radical (unpaired) electrons. The maximum atomic E-state index is 12.4. The average molecular weight is 340 g/mol. The minimum absolute atomic E-state index is 0. The molecule has 8 heteroatoms. The molecule has 1 aliphatic heterocycles. The summed E-state index contributed by atoms with van der Waals surface area (Å²) in [7, 11) is 0. The van der Waals surface area contributed by atoms with Gasteiger partial charge in [0.05, 0.1) is 0 Å². The summed E-state index contributed by atoms with van der Waals surface area (Å²) in [5, 5.41) is 4.19. The molecule has 0 aromatic carbocycles. The van der Waals surface area contributed by atoms with E-state index >= 15 is 0 Å². The number of pyridine rings is 1. The Morgan fingerprint density at radius 1 is 1.39 bits per heavy atom. The molecular weight excluding hydrogens is 318 g/mol. The molecule has 1 amide bonds. The quantitative estimate of drug-likeness (QED) is 0.882. The van der Waals surface area contributed by atoms with Crippen LogP contribution in [0.4, 0.5) is 0 Å². The number of amides is 1. The molecule has 1 unspecified atom stereocenters. The van der Waals surface area contributed by atoms with Gasteiger partial charge in [-0.15, -0.1) is 17.5 Å². The smallest absolute Gasteiger partial charge is 0.341 e. The van der Waals surface area contributed by atoms with E-state index in [4.69, 9.17) is 5.73 Å². The van der Waals surface area contributed by atoms with E-state index in [1.54, 1.807) is 23.2 Å². The number of aromatic nitrogens is 3. The monoisotopic (exact) mass is 339 g/mol. The second-order valence-corrected chi connectivity index (χ2v) is 5.95. The molecule has 1 fully saturated rings. The predicted molar refractivity (Wildman–Crippen MR) is 89.7 cm³/mol. The van der Waals surface area contributed by atoms with E-state index in [-0.39, 0.29) is 36.6 Å². The van der Waals surface area contributed by atoms with E-state index in [1.165, 1.54) is 9.08 Å². The van der Waals surface area contributed by atoms with Crippen molar-refractivity contribution in [2.75, 3.05) is 13.1 Å². The Hall–Kier alpha value is -1.86. The number of rotatable bonds is 3. The Bertz CT molecular complexity index is 731. The van der Waals surface area contributed by atoms with Crippen LogP contribution in [0.3, 0.4) is 0 Å². The topological polar surface area (TPSA) is 85.6 Å². The van der Waals surface area contributed by atoms with Gasteiger partial charge in [0.2, 0.25) is 5.91 Å². The number of carbonyl (C=O) groups excluding carboxylic acids is 1. The number of likely N-dealkylation sites (tertiary alicyclic amines) is 1. The highest BCUT2D eigenvalue weighted by Crippen LogP contribution is 2.19. The summed E-state index contributed by atoms with van der Waals surface area (Å²) >= 11 is 0. The van der Waals surface area contributed by atoms with Crippen LogP contribution < -0.4 is 11.4 Å². The fourth-order valence-corrected chi connectivity index (χ4v) is 2.97. The van der Waals surface area contributed by atoms with Crippen molar-refractivity contribution in [1.82, 2.24) is 19.1 Å². The fraction of sp³-hybridized carbons (Fsp3) is 0.533. The predicted octanol–water partition coefficient (Wildman–Crippen LogP) is 0.504. The van der Waals surface area contributed by atoms with Crippen LogP contribution in [0.2, 0.25) is 0 Å². The van der Waals surface area contributed by atoms with Gasteiger partial charge < -0.3 is 10.6 Å². The number of halogens is 1. The third-order valence-electron chi connectivity index (χ3n) is 4.41. The van der Waals surface area contributed by atoms with Crippen LogP contribution in [-0.4, -0.2) is 44.1 Å². The average Bonchev–Trinajstić information content (AvgIpc) is 2.84. The normalized spacial score (nSPS) is 17.0. The number of carbonyl (C=O) groups is 1. The highest BCUT2D eigenvalue weighted by Gasteiger charge is 2.25. The summed E-state index contributed by atoms with van der Waals surface area (Å²) in [6.45, 7) is 3.40. The minimum Gasteiger partial charge on any atom is -0.341 e. The van der Waals surface area contributed by atoms with E-state index in [9.17, 15) is 9.59 Å². The molecule has 0 bridgehead atoms. The molecule has 2 N–H and O–H groups in total. The molecule has 23 heavy (non-hydrogen) atoms. The Morgan fingerprint density at radius 2 is 2.09 bits per heavy atom. The van der Waals surface area contributed by atoms with Crippen LogP contribution in [0, 0.1) is 5.92 Å². The molecule has 7 nitrogen and oxygen atoms in total. The van der Waals surface area contributed by atoms with Gasteiger partial charge in [-0.25, -0.2) is 9.48 Å². The molecule has 2 aromatic heterocycles. The van der Waals surface area contributed by atoms with E-state index in [0.29, 0.717) is 24.7 Å². The SMILES string of the molecule is CC(N)C1CCN(C(=O)Cn2nc3ccccn3c2=O)CC1.Cl. The molecule has 126 valence electrons. The van der Waals surface area contributed by atoms with Gasteiger partial charge in [0.1, 0.15) is 6.54 Å². The summed E-state index contributed by atoms with van der Waals surface area (Å²) in [4.78, 5) is 26.3. The lowest BCUT2D eigenvalue weighted by Crippen LogP contribution is -2.44. The second kappa shape index (κ2) is 7.14. The van der Waals surface area contributed by atoms with Crippen molar-refractivity contribution in [3.8, 4) is 0 Å². The Kier molecular flexibility index (Phi) is 5.43. The lowest BCUT2D eigenvalue weighted by molar-refractivity contribution is -0.133. The molecule has 3 rings (SSSR count). The molecule has 1 aliphatic rings. The molecular formula is C15H22ClN5O2. The van der Waals surface area contributed by atoms with Gasteiger partial charge >= 0.3 is 5.69 Å². The maximum Gasteiger partial charge on any atom is 0.350 e. The van der Waals surface area contributed by atoms with E-state index in [2.05, 4.69) is 5.10 Å². The van der Waals surface area contributed by atoms with E-state index in [1.807, 2.05) is 13.0 Å². The molecule has 0 spiro atoms. The van der Waals surface area contributed by atoms with Crippen LogP contribution in [0.15, 0.2) is 29.2 Å². The number of hydrogen-bond acceptors (Lipinski definition) is 4. The summed E-state index contributed by atoms with van der Waals surface area (Å²) in [5.74, 6) is 0.413. The number of fused-ring (bicyclic) bond motifs is 1. The highest BCUT2D eigenvalue weighted by atomic mass is 35.5. The highest BCUT2D eigenvalue weighted by molar-refractivity contribution is 5.85. The summed E-state index contributed by atoms with van der Waals surface area (Å²) in [6, 6.07) is 5.49. The van der Waals surface area contributed by atoms with Crippen molar-refractivity contribution in [2.24, 2.45) is 11.7 Å². The molecule has 0 aliphatic carbocycles. The lowest BCUT2D eigenvalue weighted by atomic mass is 9.91. The van der Waals surface area contributed by atoms with Gasteiger partial charge in [0.25, 0.3) is 0 Å². The van der Waals surface area contributed by atoms with Crippen molar-refractivity contribution < 1.29 is 4.79 Å². The number of nitrogens with two attached hydrogens (primary N) is 1. The Morgan fingerprint density at radius 3 is 2.70 bits per heavy atom. The fourth-order valence-electron chi connectivity index (χ4n) is 2.97. The summed E-state index contributed by atoms with van der Waals surface area (Å²) < 4.78 is 2.67. The first-order chi connectivity index (χ1) is 10.6. The van der Waals surface area contributed by atoms with Crippen molar-refractivity contribution in [3.05, 3.63) is 34.9 Å². The van der Waals surface area contributed by atoms with Gasteiger partial charge in [0.15, 0.2) is 5.65 Å². The van der Waals surface area contributed by atoms with Crippen molar-refractivity contribution in [3.63, 3.8) is 0 Å². The Labute approximate surface area is 140 Å². The molecule has 0 saturated carbocycles. The maximum absolute atomic E-state index is 12.4. The number of piperidine rings is 1. The first kappa shape index (κ1) is 17.5. The van der Waals surface area contributed by atoms with Gasteiger partial charge in [0, 0.05) is 25.3 Å². The van der Waals surface area contributed by atoms with E-state index in [0.717, 1.165) is 12.8 Å². The van der Waals surface area contributed by atoms with Gasteiger partial charge in [-0.3, -0.25) is 9.20 Å². The summed E-state index contributed by atoms with van der Waals surface area (Å²) in [5.41, 5.74) is 6.18. The van der Waals surface area contributed by atoms with Crippen molar-refractivity contribution in [1.29, 1.82) is 0 Å². The third kappa shape index (κ3) is 3.56. The zero-order valence-corrected chi connectivity index (χ0v) is 13.9. The molecule has 1 atom stereocenters. The number of nitrogens with zero attached hydrogens (tertiary/aromatic N) is 4. The lowest BCUT2D eigenvalue weighted by Gasteiger charge is -2.33. The second-order valence-electron chi connectivity index (χ2n) is 5.95. The first-order valence-corrected chi connectivity index (χ1v) is 7.64. The molecule has 1 saturated heterocycles. The van der Waals surface area contributed by atoms with Gasteiger partial charge in [-0.05, 0) is 37.8 Å². The summed E-state index contributed by atoms with van der Waals surface area (Å²) in [6.07, 6.45) is 3.49. The molecule has 3 heterocycles. The van der Waals surface area contributed by atoms with Crippen LogP contribution in [0.5, 0.6) is 0 Å². The van der Waals surface area contributed by atoms with Gasteiger partial charge in [-0.1, -0.05) is 6.07 Å². The largest absolute Gasteiger partial charge is 0.350 e. The minimum atomic E-state index is -0.283. The molecule has 2 aromatic rings. The van der Waals surface area contributed by atoms with Gasteiger partial charge in [-0.2, -0.15) is 0 Å². The zero-order chi connectivity index (χ0) is 15.7. The number of hydrogen-bond donors (Lipinski definition) is 1. The van der Waals surface area contributed by atoms with Crippen molar-refractivity contribution >= 4 is 24.0 Å². The van der Waals surface area contributed by atoms with E-state index < -0.39 is 0 Å². The third-order valence-corrected chi connectivity index (χ3v) is 4.41. The van der Waals surface area contributed by atoms with Crippen LogP contribution >= 0.6 is 12.4 Å². The Balaban J connectivity index is 0.00000192. The van der Waals surface area contributed by atoms with Crippen LogP contribution in [-0.2, 0) is 11.3 Å². The van der Waals surface area contributed by atoms with Crippen LogP contribution in [0.1, 0.15) is 19.8 Å². The first-order valence-electron chi connectivity index (χ1n) is 7.64. The van der Waals surface area contributed by atoms with Crippen LogP contribution in [0.25, 0.3) is 5.65 Å².